The summed E-state index contributed by atoms with van der Waals surface area (Å²) in [5.41, 5.74) is 2.25. The molecule has 4 aromatic rings. The van der Waals surface area contributed by atoms with Crippen molar-refractivity contribution >= 4 is 21.6 Å². The Hall–Kier alpha value is -2.78. The van der Waals surface area contributed by atoms with Gasteiger partial charge in [-0.1, -0.05) is 30.3 Å². The standard InChI is InChI=1S/C25H27N3O4S/c29-18(15-31-16-19-8-5-11-32-19)13-28(12-17-6-2-1-3-7-17)14-22-26-24(30)23-20-9-4-10-21(20)33-25(23)27-22/h1-3,5-8,11,18,29H,4,9-10,12-16H2,(H,26,27,30)/t18-/m1/s1. The number of aliphatic hydroxyl groups excluding tert-OH is 1. The minimum atomic E-state index is -0.690. The fourth-order valence-corrected chi connectivity index (χ4v) is 5.68. The number of rotatable bonds is 10. The summed E-state index contributed by atoms with van der Waals surface area (Å²) in [6.45, 7) is 1.94. The fourth-order valence-electron chi connectivity index (χ4n) is 4.40. The molecule has 7 nitrogen and oxygen atoms in total. The number of H-pyrrole nitrogens is 1. The van der Waals surface area contributed by atoms with Crippen LogP contribution in [0.1, 0.15) is 34.0 Å². The number of furan rings is 1. The number of hydrogen-bond donors (Lipinski definition) is 2. The van der Waals surface area contributed by atoms with E-state index in [0.29, 0.717) is 32.1 Å². The van der Waals surface area contributed by atoms with Gasteiger partial charge in [0.2, 0.25) is 0 Å². The molecule has 0 fully saturated rings. The van der Waals surface area contributed by atoms with Crippen molar-refractivity contribution in [1.82, 2.24) is 14.9 Å². The fraction of sp³-hybridized carbons (Fsp3) is 0.360. The Bertz CT molecular complexity index is 1250. The van der Waals surface area contributed by atoms with E-state index in [-0.39, 0.29) is 12.2 Å². The smallest absolute Gasteiger partial charge is 0.259 e. The van der Waals surface area contributed by atoms with Crippen LogP contribution in [-0.4, -0.2) is 39.2 Å². The van der Waals surface area contributed by atoms with Gasteiger partial charge < -0.3 is 19.2 Å². The van der Waals surface area contributed by atoms with E-state index in [2.05, 4.69) is 22.0 Å². The monoisotopic (exact) mass is 465 g/mol. The summed E-state index contributed by atoms with van der Waals surface area (Å²) in [5, 5.41) is 11.4. The van der Waals surface area contributed by atoms with E-state index in [0.717, 1.165) is 40.8 Å². The first-order valence-corrected chi connectivity index (χ1v) is 12.1. The van der Waals surface area contributed by atoms with Gasteiger partial charge in [0.25, 0.3) is 5.56 Å². The number of nitrogens with one attached hydrogen (secondary N) is 1. The first kappa shape index (κ1) is 22.0. The molecule has 0 bridgehead atoms. The topological polar surface area (TPSA) is 91.6 Å². The third kappa shape index (κ3) is 5.25. The first-order chi connectivity index (χ1) is 16.2. The Kier molecular flexibility index (Phi) is 6.68. The molecule has 0 saturated carbocycles. The molecule has 2 N–H and O–H groups in total. The summed E-state index contributed by atoms with van der Waals surface area (Å²) < 4.78 is 10.9. The first-order valence-electron chi connectivity index (χ1n) is 11.2. The zero-order valence-corrected chi connectivity index (χ0v) is 19.1. The second-order valence-corrected chi connectivity index (χ2v) is 9.54. The van der Waals surface area contributed by atoms with Crippen molar-refractivity contribution < 1.29 is 14.3 Å². The summed E-state index contributed by atoms with van der Waals surface area (Å²) in [4.78, 5) is 24.8. The molecule has 0 spiro atoms. The van der Waals surface area contributed by atoms with Gasteiger partial charge in [0.15, 0.2) is 0 Å². The number of fused-ring (bicyclic) bond motifs is 3. The van der Waals surface area contributed by atoms with E-state index in [4.69, 9.17) is 14.1 Å². The van der Waals surface area contributed by atoms with Gasteiger partial charge in [-0.05, 0) is 42.5 Å². The van der Waals surface area contributed by atoms with Crippen LogP contribution in [0, 0.1) is 0 Å². The summed E-state index contributed by atoms with van der Waals surface area (Å²) >= 11 is 1.64. The van der Waals surface area contributed by atoms with E-state index < -0.39 is 6.10 Å². The molecule has 0 saturated heterocycles. The Labute approximate surface area is 195 Å². The van der Waals surface area contributed by atoms with Crippen molar-refractivity contribution in [2.75, 3.05) is 13.2 Å². The van der Waals surface area contributed by atoms with Crippen molar-refractivity contribution in [2.24, 2.45) is 0 Å². The van der Waals surface area contributed by atoms with Crippen LogP contribution in [-0.2, 0) is 37.3 Å². The van der Waals surface area contributed by atoms with Gasteiger partial charge in [0.05, 0.1) is 30.9 Å². The molecular formula is C25H27N3O4S. The zero-order chi connectivity index (χ0) is 22.6. The molecule has 33 heavy (non-hydrogen) atoms. The minimum absolute atomic E-state index is 0.0589. The van der Waals surface area contributed by atoms with Crippen LogP contribution in [0.4, 0.5) is 0 Å². The molecule has 1 aliphatic rings. The van der Waals surface area contributed by atoms with Gasteiger partial charge in [-0.3, -0.25) is 9.69 Å². The predicted molar refractivity (Wildman–Crippen MR) is 127 cm³/mol. The number of aryl methyl sites for hydroxylation is 2. The van der Waals surface area contributed by atoms with Crippen molar-refractivity contribution in [3.05, 3.63) is 86.7 Å². The van der Waals surface area contributed by atoms with Crippen LogP contribution in [0.25, 0.3) is 10.2 Å². The number of aromatic amines is 1. The molecule has 3 aromatic heterocycles. The van der Waals surface area contributed by atoms with E-state index in [1.54, 1.807) is 17.6 Å². The number of thiophene rings is 1. The molecule has 1 aliphatic carbocycles. The minimum Gasteiger partial charge on any atom is -0.467 e. The normalized spacial score (nSPS) is 14.2. The van der Waals surface area contributed by atoms with E-state index in [1.165, 1.54) is 10.4 Å². The maximum Gasteiger partial charge on any atom is 0.259 e. The highest BCUT2D eigenvalue weighted by molar-refractivity contribution is 7.18. The second-order valence-electron chi connectivity index (χ2n) is 8.45. The number of ether oxygens (including phenoxy) is 1. The van der Waals surface area contributed by atoms with E-state index in [1.807, 2.05) is 30.3 Å². The molecular weight excluding hydrogens is 438 g/mol. The Morgan fingerprint density at radius 3 is 2.88 bits per heavy atom. The Balaban J connectivity index is 1.30. The van der Waals surface area contributed by atoms with Gasteiger partial charge in [-0.25, -0.2) is 4.98 Å². The lowest BCUT2D eigenvalue weighted by Gasteiger charge is -2.24. The summed E-state index contributed by atoms with van der Waals surface area (Å²) in [6.07, 6.45) is 4.02. The van der Waals surface area contributed by atoms with Gasteiger partial charge in [0, 0.05) is 18.0 Å². The van der Waals surface area contributed by atoms with Crippen molar-refractivity contribution in [1.29, 1.82) is 0 Å². The van der Waals surface area contributed by atoms with Crippen LogP contribution in [0.15, 0.2) is 57.9 Å². The molecule has 1 atom stereocenters. The molecule has 3 heterocycles. The zero-order valence-electron chi connectivity index (χ0n) is 18.3. The van der Waals surface area contributed by atoms with Gasteiger partial charge >= 0.3 is 0 Å². The lowest BCUT2D eigenvalue weighted by Crippen LogP contribution is -2.35. The molecule has 1 aromatic carbocycles. The maximum absolute atomic E-state index is 12.9. The second kappa shape index (κ2) is 10.0. The quantitative estimate of drug-likeness (QED) is 0.372. The number of hydrogen-bond acceptors (Lipinski definition) is 7. The molecule has 0 radical (unpaired) electrons. The van der Waals surface area contributed by atoms with Crippen molar-refractivity contribution in [2.45, 2.75) is 45.1 Å². The Morgan fingerprint density at radius 2 is 2.06 bits per heavy atom. The van der Waals surface area contributed by atoms with Crippen molar-refractivity contribution in [3.8, 4) is 0 Å². The molecule has 172 valence electrons. The van der Waals surface area contributed by atoms with Crippen LogP contribution in [0.3, 0.4) is 0 Å². The highest BCUT2D eigenvalue weighted by atomic mass is 32.1. The number of benzene rings is 1. The Morgan fingerprint density at radius 1 is 1.18 bits per heavy atom. The maximum atomic E-state index is 12.9. The van der Waals surface area contributed by atoms with Crippen LogP contribution in [0.2, 0.25) is 0 Å². The summed E-state index contributed by atoms with van der Waals surface area (Å²) in [6, 6.07) is 13.7. The molecule has 5 rings (SSSR count). The molecule has 0 aliphatic heterocycles. The largest absolute Gasteiger partial charge is 0.467 e. The lowest BCUT2D eigenvalue weighted by molar-refractivity contribution is 0.00217. The van der Waals surface area contributed by atoms with Gasteiger partial charge in [-0.15, -0.1) is 11.3 Å². The third-order valence-corrected chi connectivity index (χ3v) is 7.04. The molecule has 0 amide bonds. The van der Waals surface area contributed by atoms with Gasteiger partial charge in [-0.2, -0.15) is 0 Å². The average molecular weight is 466 g/mol. The summed E-state index contributed by atoms with van der Waals surface area (Å²) in [5.74, 6) is 1.34. The SMILES string of the molecule is O=c1[nH]c(CN(Cc2ccccc2)C[C@@H](O)COCc2ccco2)nc2sc3c(c12)CCC3. The van der Waals surface area contributed by atoms with Crippen LogP contribution < -0.4 is 5.56 Å². The van der Waals surface area contributed by atoms with Crippen molar-refractivity contribution in [3.63, 3.8) is 0 Å². The number of aromatic nitrogens is 2. The third-order valence-electron chi connectivity index (χ3n) is 5.85. The van der Waals surface area contributed by atoms with E-state index >= 15 is 0 Å². The van der Waals surface area contributed by atoms with Crippen LogP contribution >= 0.6 is 11.3 Å². The van der Waals surface area contributed by atoms with Crippen LogP contribution in [0.5, 0.6) is 0 Å². The highest BCUT2D eigenvalue weighted by Gasteiger charge is 2.22. The number of aliphatic hydroxyl groups is 1. The lowest BCUT2D eigenvalue weighted by atomic mass is 10.2. The highest BCUT2D eigenvalue weighted by Crippen LogP contribution is 2.34. The van der Waals surface area contributed by atoms with Gasteiger partial charge in [0.1, 0.15) is 23.0 Å². The predicted octanol–water partition coefficient (Wildman–Crippen LogP) is 3.65. The average Bonchev–Trinajstić information content (AvgIpc) is 3.52. The molecule has 8 heteroatoms. The van der Waals surface area contributed by atoms with E-state index in [9.17, 15) is 9.90 Å². The summed E-state index contributed by atoms with van der Waals surface area (Å²) in [7, 11) is 0. The number of nitrogens with zero attached hydrogens (tertiary/aromatic N) is 2. The molecule has 0 unspecified atom stereocenters.